The number of rotatable bonds is 6. The molecule has 0 unspecified atom stereocenters. The minimum atomic E-state index is -4.35. The zero-order valence-electron chi connectivity index (χ0n) is 11.5. The van der Waals surface area contributed by atoms with Crippen molar-refractivity contribution in [2.24, 2.45) is 0 Å². The molecule has 0 aromatic heterocycles. The molecule has 20 heavy (non-hydrogen) atoms. The molecule has 0 saturated heterocycles. The molecule has 118 valence electrons. The zero-order chi connectivity index (χ0) is 16.4. The quantitative estimate of drug-likeness (QED) is 0.252. The normalized spacial score (nSPS) is 11.6. The summed E-state index contributed by atoms with van der Waals surface area (Å²) in [7, 11) is -8.62. The van der Waals surface area contributed by atoms with Crippen molar-refractivity contribution in [2.75, 3.05) is 6.61 Å². The Bertz CT molecular complexity index is 438. The molecular weight excluding hydrogens is 310 g/mol. The van der Waals surface area contributed by atoms with Gasteiger partial charge in [-0.3, -0.25) is 14.3 Å². The first kappa shape index (κ1) is 21.6. The molecule has 0 saturated carbocycles. The predicted molar refractivity (Wildman–Crippen MR) is 74.5 cm³/mol. The molecule has 0 aliphatic carbocycles. The Kier molecular flexibility index (Phi) is 10.9. The number of hydrogen-bond donors (Lipinski definition) is 4. The first-order valence-corrected chi connectivity index (χ1v) is 8.29. The zero-order valence-corrected chi connectivity index (χ0v) is 13.3. The van der Waals surface area contributed by atoms with Gasteiger partial charge in [-0.05, 0) is 26.8 Å². The van der Waals surface area contributed by atoms with Gasteiger partial charge in [0.25, 0.3) is 0 Å². The van der Waals surface area contributed by atoms with Crippen LogP contribution in [0.25, 0.3) is 0 Å². The molecule has 0 spiro atoms. The molecule has 0 heterocycles. The van der Waals surface area contributed by atoms with E-state index in [2.05, 4.69) is 15.6 Å². The van der Waals surface area contributed by atoms with Crippen LogP contribution in [0.1, 0.15) is 20.8 Å². The third kappa shape index (κ3) is 26.0. The summed E-state index contributed by atoms with van der Waals surface area (Å²) >= 11 is 0. The van der Waals surface area contributed by atoms with Crippen molar-refractivity contribution in [1.29, 1.82) is 0 Å². The number of allylic oxidation sites excluding steroid dienone is 3. The fourth-order valence-electron chi connectivity index (χ4n) is 0.527. The molecule has 4 N–H and O–H groups in total. The van der Waals surface area contributed by atoms with Crippen LogP contribution in [0.4, 0.5) is 0 Å². The standard InChI is InChI=1S/C5H11O4P.C5H9O4P/c2*1-5(2)3-4-9-10(6,7)8/h3H,4H2,1-2H3,(H2,6,7,8);3-4H,1H2,2H3,(H2,6,7,8). The highest BCUT2D eigenvalue weighted by Crippen LogP contribution is 2.36. The first-order valence-electron chi connectivity index (χ1n) is 5.23. The van der Waals surface area contributed by atoms with Gasteiger partial charge in [0.2, 0.25) is 0 Å². The average molecular weight is 330 g/mol. The van der Waals surface area contributed by atoms with E-state index in [9.17, 15) is 9.13 Å². The second-order valence-corrected chi connectivity index (χ2v) is 6.24. The topological polar surface area (TPSA) is 134 Å². The summed E-state index contributed by atoms with van der Waals surface area (Å²) in [5.74, 6) is 0. The van der Waals surface area contributed by atoms with Crippen LogP contribution < -0.4 is 0 Å². The number of phosphoric ester groups is 2. The molecular formula is C10H20O8P2. The Labute approximate surface area is 117 Å². The van der Waals surface area contributed by atoms with Gasteiger partial charge in [0.1, 0.15) is 0 Å². The lowest BCUT2D eigenvalue weighted by molar-refractivity contribution is 0.215. The molecule has 0 aromatic carbocycles. The highest BCUT2D eigenvalue weighted by atomic mass is 31.2. The molecule has 0 aliphatic heterocycles. The average Bonchev–Trinajstić information content (AvgIpc) is 2.12. The van der Waals surface area contributed by atoms with E-state index in [1.54, 1.807) is 13.0 Å². The number of hydrogen-bond acceptors (Lipinski definition) is 4. The SMILES string of the molecule is C=C(C)C=COP(=O)(O)O.CC(C)=CCOP(=O)(O)O. The van der Waals surface area contributed by atoms with E-state index in [-0.39, 0.29) is 6.61 Å². The van der Waals surface area contributed by atoms with E-state index in [1.807, 2.05) is 13.8 Å². The maximum absolute atomic E-state index is 10.1. The Balaban J connectivity index is 0. The van der Waals surface area contributed by atoms with Crippen LogP contribution in [0.15, 0.2) is 36.1 Å². The van der Waals surface area contributed by atoms with Crippen molar-refractivity contribution in [3.63, 3.8) is 0 Å². The summed E-state index contributed by atoms with van der Waals surface area (Å²) in [6.07, 6.45) is 3.88. The third-order valence-electron chi connectivity index (χ3n) is 1.29. The van der Waals surface area contributed by atoms with Gasteiger partial charge in [-0.15, -0.1) is 0 Å². The van der Waals surface area contributed by atoms with Crippen molar-refractivity contribution in [1.82, 2.24) is 0 Å². The van der Waals surface area contributed by atoms with Gasteiger partial charge in [-0.2, -0.15) is 0 Å². The Morgan fingerprint density at radius 1 is 1.10 bits per heavy atom. The van der Waals surface area contributed by atoms with Crippen LogP contribution in [0.5, 0.6) is 0 Å². The van der Waals surface area contributed by atoms with Gasteiger partial charge in [0.05, 0.1) is 12.9 Å². The van der Waals surface area contributed by atoms with Crippen LogP contribution in [0.3, 0.4) is 0 Å². The molecule has 0 aliphatic rings. The highest BCUT2D eigenvalue weighted by molar-refractivity contribution is 7.46. The maximum Gasteiger partial charge on any atom is 0.524 e. The summed E-state index contributed by atoms with van der Waals surface area (Å²) in [6.45, 7) is 8.74. The van der Waals surface area contributed by atoms with Gasteiger partial charge < -0.3 is 14.3 Å². The monoisotopic (exact) mass is 330 g/mol. The Morgan fingerprint density at radius 3 is 1.90 bits per heavy atom. The predicted octanol–water partition coefficient (Wildman–Crippen LogP) is 2.25. The van der Waals surface area contributed by atoms with Crippen LogP contribution >= 0.6 is 15.6 Å². The Morgan fingerprint density at radius 2 is 1.60 bits per heavy atom. The van der Waals surface area contributed by atoms with E-state index < -0.39 is 15.6 Å². The van der Waals surface area contributed by atoms with Crippen LogP contribution in [0.2, 0.25) is 0 Å². The summed E-state index contributed by atoms with van der Waals surface area (Å²) in [4.78, 5) is 32.7. The Hall–Kier alpha value is -0.720. The van der Waals surface area contributed by atoms with Gasteiger partial charge in [0.15, 0.2) is 0 Å². The second kappa shape index (κ2) is 10.1. The van der Waals surface area contributed by atoms with Crippen LogP contribution in [-0.4, -0.2) is 26.2 Å². The van der Waals surface area contributed by atoms with Crippen molar-refractivity contribution >= 4 is 15.6 Å². The molecule has 0 atom stereocenters. The largest absolute Gasteiger partial charge is 0.524 e. The molecule has 0 fully saturated rings. The van der Waals surface area contributed by atoms with Crippen molar-refractivity contribution in [3.05, 3.63) is 36.1 Å². The lowest BCUT2D eigenvalue weighted by Gasteiger charge is -2.00. The van der Waals surface area contributed by atoms with E-state index >= 15 is 0 Å². The van der Waals surface area contributed by atoms with Crippen molar-refractivity contribution < 1.29 is 37.8 Å². The minimum absolute atomic E-state index is 0.0351. The van der Waals surface area contributed by atoms with Crippen molar-refractivity contribution in [2.45, 2.75) is 20.8 Å². The van der Waals surface area contributed by atoms with E-state index in [0.717, 1.165) is 11.8 Å². The van der Waals surface area contributed by atoms with Crippen LogP contribution in [0, 0.1) is 0 Å². The van der Waals surface area contributed by atoms with E-state index in [0.29, 0.717) is 5.57 Å². The van der Waals surface area contributed by atoms with E-state index in [4.69, 9.17) is 19.6 Å². The van der Waals surface area contributed by atoms with Crippen LogP contribution in [-0.2, 0) is 18.2 Å². The lowest BCUT2D eigenvalue weighted by Crippen LogP contribution is -1.88. The summed E-state index contributed by atoms with van der Waals surface area (Å²) in [5, 5.41) is 0. The highest BCUT2D eigenvalue weighted by Gasteiger charge is 2.11. The molecule has 10 heteroatoms. The molecule has 0 aromatic rings. The van der Waals surface area contributed by atoms with Gasteiger partial charge >= 0.3 is 15.6 Å². The van der Waals surface area contributed by atoms with Gasteiger partial charge in [-0.25, -0.2) is 9.13 Å². The molecule has 0 rings (SSSR count). The smallest absolute Gasteiger partial charge is 0.412 e. The molecule has 0 radical (unpaired) electrons. The fraction of sp³-hybridized carbons (Fsp3) is 0.400. The summed E-state index contributed by atoms with van der Waals surface area (Å²) in [6, 6.07) is 0. The first-order chi connectivity index (χ1) is 8.83. The maximum atomic E-state index is 10.1. The second-order valence-electron chi connectivity index (χ2n) is 3.81. The van der Waals surface area contributed by atoms with E-state index in [1.165, 1.54) is 6.08 Å². The third-order valence-corrected chi connectivity index (χ3v) is 2.17. The fourth-order valence-corrected chi connectivity index (χ4v) is 1.02. The number of phosphoric acid groups is 2. The lowest BCUT2D eigenvalue weighted by atomic mass is 10.3. The summed E-state index contributed by atoms with van der Waals surface area (Å²) < 4.78 is 28.2. The van der Waals surface area contributed by atoms with Crippen molar-refractivity contribution in [3.8, 4) is 0 Å². The molecule has 0 amide bonds. The molecule has 0 bridgehead atoms. The molecule has 8 nitrogen and oxygen atoms in total. The van der Waals surface area contributed by atoms with Gasteiger partial charge in [-0.1, -0.05) is 23.8 Å². The summed E-state index contributed by atoms with van der Waals surface area (Å²) in [5.41, 5.74) is 1.63. The minimum Gasteiger partial charge on any atom is -0.412 e. The van der Waals surface area contributed by atoms with Gasteiger partial charge in [0, 0.05) is 0 Å².